The number of benzene rings is 2. The topological polar surface area (TPSA) is 71.2 Å². The van der Waals surface area contributed by atoms with Crippen molar-refractivity contribution in [2.24, 2.45) is 7.05 Å². The maximum atomic E-state index is 5.57. The largest absolute Gasteiger partial charge is 0.350 e. The van der Waals surface area contributed by atoms with E-state index < -0.39 is 0 Å². The van der Waals surface area contributed by atoms with E-state index in [1.807, 2.05) is 37.5 Å². The molecule has 0 bridgehead atoms. The molecule has 2 aromatic carbocycles. The molecule has 3 heterocycles. The monoisotopic (exact) mass is 360 g/mol. The highest BCUT2D eigenvalue weighted by molar-refractivity contribution is 5.94. The van der Waals surface area contributed by atoms with Crippen molar-refractivity contribution >= 4 is 22.3 Å². The highest BCUT2D eigenvalue weighted by atomic mass is 16.5. The number of rotatable bonds is 3. The predicted molar refractivity (Wildman–Crippen MR) is 106 cm³/mol. The van der Waals surface area contributed by atoms with Crippen LogP contribution >= 0.6 is 0 Å². The number of anilines is 2. The number of hydrogen-bond donors (Lipinski definition) is 2. The van der Waals surface area contributed by atoms with Crippen LogP contribution in [0.3, 0.4) is 0 Å². The van der Waals surface area contributed by atoms with Gasteiger partial charge >= 0.3 is 0 Å². The first kappa shape index (κ1) is 15.9. The third-order valence-electron chi connectivity index (χ3n) is 4.89. The highest BCUT2D eigenvalue weighted by Crippen LogP contribution is 2.35. The normalized spacial score (nSPS) is 13.4. The number of para-hydroxylation sites is 1. The van der Waals surface area contributed by atoms with Crippen LogP contribution in [-0.2, 0) is 7.05 Å². The second kappa shape index (κ2) is 5.85. The Balaban J connectivity index is 1.53. The van der Waals surface area contributed by atoms with E-state index in [1.165, 1.54) is 0 Å². The molecule has 7 heteroatoms. The van der Waals surface area contributed by atoms with Gasteiger partial charge in [0.2, 0.25) is 5.82 Å². The summed E-state index contributed by atoms with van der Waals surface area (Å²) in [6.45, 7) is 4.26. The Morgan fingerprint density at radius 2 is 1.96 bits per heavy atom. The van der Waals surface area contributed by atoms with Crippen molar-refractivity contribution in [2.45, 2.75) is 19.9 Å². The lowest BCUT2D eigenvalue weighted by atomic mass is 10.1. The van der Waals surface area contributed by atoms with E-state index in [0.29, 0.717) is 17.8 Å². The Bertz CT molecular complexity index is 1140. The molecule has 2 N–H and O–H groups in total. The van der Waals surface area contributed by atoms with E-state index in [0.717, 1.165) is 33.4 Å². The molecule has 0 atom stereocenters. The molecule has 0 saturated carbocycles. The summed E-state index contributed by atoms with van der Waals surface area (Å²) in [5.74, 6) is 1.10. The molecule has 0 amide bonds. The van der Waals surface area contributed by atoms with E-state index in [9.17, 15) is 0 Å². The molecular formula is C20H20N6O. The minimum absolute atomic E-state index is 0.339. The first-order chi connectivity index (χ1) is 13.1. The number of nitrogens with zero attached hydrogens (tertiary/aromatic N) is 4. The van der Waals surface area contributed by atoms with Crippen LogP contribution < -0.4 is 16.0 Å². The van der Waals surface area contributed by atoms with Crippen molar-refractivity contribution in [3.05, 3.63) is 48.7 Å². The average molecular weight is 360 g/mol. The van der Waals surface area contributed by atoms with Gasteiger partial charge in [0, 0.05) is 41.3 Å². The van der Waals surface area contributed by atoms with E-state index in [2.05, 4.69) is 62.7 Å². The van der Waals surface area contributed by atoms with Crippen LogP contribution in [0.4, 0.5) is 11.4 Å². The first-order valence-corrected chi connectivity index (χ1v) is 8.95. The quantitative estimate of drug-likeness (QED) is 0.576. The summed E-state index contributed by atoms with van der Waals surface area (Å²) < 4.78 is 7.64. The minimum atomic E-state index is 0.339. The minimum Gasteiger partial charge on any atom is -0.350 e. The van der Waals surface area contributed by atoms with Gasteiger partial charge in [-0.1, -0.05) is 23.4 Å². The van der Waals surface area contributed by atoms with Gasteiger partial charge in [-0.2, -0.15) is 4.98 Å². The molecule has 0 aliphatic carbocycles. The van der Waals surface area contributed by atoms with Gasteiger partial charge in [-0.15, -0.1) is 5.53 Å². The van der Waals surface area contributed by atoms with E-state index in [-0.39, 0.29) is 0 Å². The molecule has 0 saturated heterocycles. The zero-order chi connectivity index (χ0) is 18.5. The van der Waals surface area contributed by atoms with Crippen molar-refractivity contribution in [3.8, 4) is 22.8 Å². The molecule has 4 aromatic rings. The van der Waals surface area contributed by atoms with Gasteiger partial charge in [-0.25, -0.2) is 0 Å². The SMILES string of the molecule is CC(C)N1NNc2cc(-c3nc(-c4cn(C)c5ccccc45)no3)ccc21. The maximum absolute atomic E-state index is 5.57. The van der Waals surface area contributed by atoms with Crippen molar-refractivity contribution < 1.29 is 4.52 Å². The Labute approximate surface area is 156 Å². The predicted octanol–water partition coefficient (Wildman–Crippen LogP) is 3.96. The molecule has 27 heavy (non-hydrogen) atoms. The third-order valence-corrected chi connectivity index (χ3v) is 4.89. The van der Waals surface area contributed by atoms with Crippen LogP contribution in [0.5, 0.6) is 0 Å². The summed E-state index contributed by atoms with van der Waals surface area (Å²) in [6.07, 6.45) is 2.04. The number of hydrazine groups is 2. The molecule has 0 fully saturated rings. The molecule has 0 spiro atoms. The molecule has 1 aliphatic rings. The zero-order valence-corrected chi connectivity index (χ0v) is 15.4. The first-order valence-electron chi connectivity index (χ1n) is 8.95. The molecule has 0 unspecified atom stereocenters. The van der Waals surface area contributed by atoms with Gasteiger partial charge in [0.05, 0.1) is 11.4 Å². The Kier molecular flexibility index (Phi) is 3.45. The van der Waals surface area contributed by atoms with Crippen LogP contribution in [0.2, 0.25) is 0 Å². The van der Waals surface area contributed by atoms with Gasteiger partial charge in [-0.05, 0) is 38.1 Å². The number of hydrogen-bond acceptors (Lipinski definition) is 6. The van der Waals surface area contributed by atoms with E-state index in [1.54, 1.807) is 0 Å². The fraction of sp³-hybridized carbons (Fsp3) is 0.200. The van der Waals surface area contributed by atoms with Crippen LogP contribution in [0.25, 0.3) is 33.7 Å². The molecule has 136 valence electrons. The molecule has 5 rings (SSSR count). The second-order valence-electron chi connectivity index (χ2n) is 7.03. The van der Waals surface area contributed by atoms with Crippen LogP contribution in [-0.4, -0.2) is 20.7 Å². The van der Waals surface area contributed by atoms with Crippen LogP contribution in [0.1, 0.15) is 13.8 Å². The van der Waals surface area contributed by atoms with Gasteiger partial charge in [0.1, 0.15) is 0 Å². The van der Waals surface area contributed by atoms with Crippen molar-refractivity contribution in [1.29, 1.82) is 0 Å². The summed E-state index contributed by atoms with van der Waals surface area (Å²) in [4.78, 5) is 4.64. The maximum Gasteiger partial charge on any atom is 0.258 e. The third kappa shape index (κ3) is 2.47. The van der Waals surface area contributed by atoms with Crippen molar-refractivity contribution in [1.82, 2.24) is 20.2 Å². The van der Waals surface area contributed by atoms with Gasteiger partial charge in [0.15, 0.2) is 0 Å². The molecule has 1 aliphatic heterocycles. The van der Waals surface area contributed by atoms with E-state index in [4.69, 9.17) is 4.52 Å². The fourth-order valence-electron chi connectivity index (χ4n) is 3.54. The summed E-state index contributed by atoms with van der Waals surface area (Å²) in [5, 5.41) is 7.41. The number of aryl methyl sites for hydroxylation is 1. The smallest absolute Gasteiger partial charge is 0.258 e. The summed E-state index contributed by atoms with van der Waals surface area (Å²) in [6, 6.07) is 14.6. The van der Waals surface area contributed by atoms with E-state index >= 15 is 0 Å². The molecule has 2 aromatic heterocycles. The van der Waals surface area contributed by atoms with Crippen LogP contribution in [0, 0.1) is 0 Å². The zero-order valence-electron chi connectivity index (χ0n) is 15.4. The lowest BCUT2D eigenvalue weighted by molar-refractivity contribution is 0.432. The highest BCUT2D eigenvalue weighted by Gasteiger charge is 2.22. The number of fused-ring (bicyclic) bond motifs is 2. The molecule has 0 radical (unpaired) electrons. The van der Waals surface area contributed by atoms with Gasteiger partial charge in [0.25, 0.3) is 5.89 Å². The second-order valence-corrected chi connectivity index (χ2v) is 7.03. The van der Waals surface area contributed by atoms with Crippen molar-refractivity contribution in [3.63, 3.8) is 0 Å². The number of nitrogens with one attached hydrogen (secondary N) is 2. The summed E-state index contributed by atoms with van der Waals surface area (Å²) in [5.41, 5.74) is 11.4. The lowest BCUT2D eigenvalue weighted by Gasteiger charge is -2.21. The Morgan fingerprint density at radius 3 is 2.81 bits per heavy atom. The van der Waals surface area contributed by atoms with Crippen molar-refractivity contribution in [2.75, 3.05) is 10.4 Å². The summed E-state index contributed by atoms with van der Waals surface area (Å²) in [7, 11) is 2.02. The van der Waals surface area contributed by atoms with Gasteiger partial charge < -0.3 is 14.5 Å². The Morgan fingerprint density at radius 1 is 1.11 bits per heavy atom. The number of aromatic nitrogens is 3. The molecule has 7 nitrogen and oxygen atoms in total. The molecular weight excluding hydrogens is 340 g/mol. The lowest BCUT2D eigenvalue weighted by Crippen LogP contribution is -2.41. The average Bonchev–Trinajstić information content (AvgIpc) is 3.38. The Hall–Kier alpha value is -3.32. The fourth-order valence-corrected chi connectivity index (χ4v) is 3.54. The summed E-state index contributed by atoms with van der Waals surface area (Å²) >= 11 is 0. The van der Waals surface area contributed by atoms with Crippen LogP contribution in [0.15, 0.2) is 53.2 Å². The standard InChI is InChI=1S/C20H20N6O/c1-12(2)26-18-9-8-13(10-16(18)22-24-26)20-21-19(23-27-20)15-11-25(3)17-7-5-4-6-14(15)17/h4-12,22,24H,1-3H3. The van der Waals surface area contributed by atoms with Gasteiger partial charge in [-0.3, -0.25) is 5.01 Å².